The van der Waals surface area contributed by atoms with E-state index < -0.39 is 0 Å². The van der Waals surface area contributed by atoms with Crippen LogP contribution in [0.1, 0.15) is 18.2 Å². The summed E-state index contributed by atoms with van der Waals surface area (Å²) in [5, 5.41) is 0. The normalized spacial score (nSPS) is 10.5. The summed E-state index contributed by atoms with van der Waals surface area (Å²) < 4.78 is 1.70. The number of aromatic nitrogens is 2. The largest absolute Gasteiger partial charge is 0.343 e. The minimum Gasteiger partial charge on any atom is -0.343 e. The van der Waals surface area contributed by atoms with Crippen molar-refractivity contribution >= 4 is 28.1 Å². The first-order chi connectivity index (χ1) is 8.13. The van der Waals surface area contributed by atoms with Crippen molar-refractivity contribution in [2.24, 2.45) is 0 Å². The molecule has 0 saturated heterocycles. The molecule has 2 aromatic rings. The van der Waals surface area contributed by atoms with Gasteiger partial charge in [0.15, 0.2) is 0 Å². The number of benzene rings is 1. The van der Waals surface area contributed by atoms with E-state index >= 15 is 0 Å². The Bertz CT molecular complexity index is 605. The molecule has 0 saturated carbocycles. The van der Waals surface area contributed by atoms with Crippen LogP contribution in [0, 0.1) is 11.6 Å². The molecule has 1 aromatic heterocycles. The number of aryl methyl sites for hydroxylation is 1. The molecule has 2 nitrogen and oxygen atoms in total. The molecule has 1 N–H and O–H groups in total. The molecule has 1 heterocycles. The van der Waals surface area contributed by atoms with Crippen LogP contribution >= 0.6 is 28.1 Å². The molecule has 17 heavy (non-hydrogen) atoms. The zero-order chi connectivity index (χ0) is 12.4. The van der Waals surface area contributed by atoms with Crippen LogP contribution in [0.3, 0.4) is 0 Å². The minimum atomic E-state index is 0.689. The van der Waals surface area contributed by atoms with E-state index in [1.165, 1.54) is 0 Å². The van der Waals surface area contributed by atoms with E-state index in [9.17, 15) is 0 Å². The Labute approximate surface area is 114 Å². The van der Waals surface area contributed by atoms with Gasteiger partial charge in [-0.2, -0.15) is 0 Å². The Morgan fingerprint density at radius 1 is 1.35 bits per heavy atom. The standard InChI is InChI=1S/C13H13BrN2S/c1-3-9-8(2)15-12(16-13(9)17)10-6-4-5-7-11(10)14/h4-7H,3H2,1-2H3,(H,15,16,17). The van der Waals surface area contributed by atoms with Crippen LogP contribution in [0.25, 0.3) is 11.4 Å². The molecular weight excluding hydrogens is 296 g/mol. The monoisotopic (exact) mass is 308 g/mol. The van der Waals surface area contributed by atoms with Crippen molar-refractivity contribution in [1.82, 2.24) is 9.97 Å². The third-order valence-electron chi connectivity index (χ3n) is 2.71. The molecule has 0 amide bonds. The lowest BCUT2D eigenvalue weighted by Crippen LogP contribution is -1.99. The van der Waals surface area contributed by atoms with E-state index in [-0.39, 0.29) is 0 Å². The van der Waals surface area contributed by atoms with Gasteiger partial charge in [-0.05, 0) is 19.4 Å². The van der Waals surface area contributed by atoms with E-state index in [0.717, 1.165) is 33.5 Å². The molecule has 0 bridgehead atoms. The molecule has 0 aliphatic heterocycles. The van der Waals surface area contributed by atoms with Crippen molar-refractivity contribution < 1.29 is 0 Å². The molecule has 1 aromatic carbocycles. The van der Waals surface area contributed by atoms with Crippen LogP contribution in [0.15, 0.2) is 28.7 Å². The summed E-state index contributed by atoms with van der Waals surface area (Å²) in [5.74, 6) is 0.817. The highest BCUT2D eigenvalue weighted by Crippen LogP contribution is 2.25. The van der Waals surface area contributed by atoms with Gasteiger partial charge in [0.2, 0.25) is 0 Å². The zero-order valence-electron chi connectivity index (χ0n) is 9.75. The van der Waals surface area contributed by atoms with Gasteiger partial charge in [-0.1, -0.05) is 53.3 Å². The average molecular weight is 309 g/mol. The molecule has 0 aliphatic carbocycles. The number of nitrogens with zero attached hydrogens (tertiary/aromatic N) is 1. The lowest BCUT2D eigenvalue weighted by atomic mass is 10.1. The van der Waals surface area contributed by atoms with E-state index in [2.05, 4.69) is 32.8 Å². The molecule has 0 unspecified atom stereocenters. The molecule has 0 aliphatic rings. The first kappa shape index (κ1) is 12.5. The van der Waals surface area contributed by atoms with Crippen LogP contribution in [-0.2, 0) is 6.42 Å². The number of hydrogen-bond acceptors (Lipinski definition) is 2. The van der Waals surface area contributed by atoms with Crippen LogP contribution in [0.2, 0.25) is 0 Å². The van der Waals surface area contributed by atoms with Crippen molar-refractivity contribution in [1.29, 1.82) is 0 Å². The number of hydrogen-bond donors (Lipinski definition) is 1. The fraction of sp³-hybridized carbons (Fsp3) is 0.231. The maximum Gasteiger partial charge on any atom is 0.140 e. The molecule has 4 heteroatoms. The quantitative estimate of drug-likeness (QED) is 0.831. The SMILES string of the molecule is CCc1c(C)[nH]c(-c2ccccc2Br)nc1=S. The summed E-state index contributed by atoms with van der Waals surface area (Å²) in [7, 11) is 0. The maximum absolute atomic E-state index is 5.32. The van der Waals surface area contributed by atoms with Crippen LogP contribution < -0.4 is 0 Å². The van der Waals surface area contributed by atoms with Crippen LogP contribution in [0.5, 0.6) is 0 Å². The van der Waals surface area contributed by atoms with Gasteiger partial charge in [0.1, 0.15) is 10.5 Å². The lowest BCUT2D eigenvalue weighted by Gasteiger charge is -2.08. The van der Waals surface area contributed by atoms with Gasteiger partial charge in [0.05, 0.1) is 0 Å². The highest BCUT2D eigenvalue weighted by atomic mass is 79.9. The molecule has 0 radical (unpaired) electrons. The van der Waals surface area contributed by atoms with Crippen molar-refractivity contribution in [2.45, 2.75) is 20.3 Å². The van der Waals surface area contributed by atoms with Gasteiger partial charge < -0.3 is 4.98 Å². The lowest BCUT2D eigenvalue weighted by molar-refractivity contribution is 0.989. The van der Waals surface area contributed by atoms with Gasteiger partial charge in [0, 0.05) is 21.3 Å². The van der Waals surface area contributed by atoms with E-state index in [1.807, 2.05) is 31.2 Å². The fourth-order valence-corrected chi connectivity index (χ4v) is 2.67. The first-order valence-electron chi connectivity index (χ1n) is 5.48. The fourth-order valence-electron chi connectivity index (χ4n) is 1.81. The van der Waals surface area contributed by atoms with E-state index in [0.29, 0.717) is 4.64 Å². The van der Waals surface area contributed by atoms with Gasteiger partial charge in [-0.25, -0.2) is 4.98 Å². The predicted molar refractivity (Wildman–Crippen MR) is 76.7 cm³/mol. The van der Waals surface area contributed by atoms with Crippen LogP contribution in [0.4, 0.5) is 0 Å². The van der Waals surface area contributed by atoms with Crippen molar-refractivity contribution in [2.75, 3.05) is 0 Å². The highest BCUT2D eigenvalue weighted by molar-refractivity contribution is 9.10. The third kappa shape index (κ3) is 2.48. The Morgan fingerprint density at radius 2 is 2.06 bits per heavy atom. The topological polar surface area (TPSA) is 28.7 Å². The smallest absolute Gasteiger partial charge is 0.140 e. The predicted octanol–water partition coefficient (Wildman–Crippen LogP) is 4.44. The summed E-state index contributed by atoms with van der Waals surface area (Å²) in [4.78, 5) is 7.78. The summed E-state index contributed by atoms with van der Waals surface area (Å²) in [6, 6.07) is 7.98. The summed E-state index contributed by atoms with van der Waals surface area (Å²) in [6.07, 6.45) is 0.907. The second-order valence-corrected chi connectivity index (χ2v) is 5.07. The third-order valence-corrected chi connectivity index (χ3v) is 3.74. The van der Waals surface area contributed by atoms with Gasteiger partial charge >= 0.3 is 0 Å². The highest BCUT2D eigenvalue weighted by Gasteiger charge is 2.07. The molecule has 88 valence electrons. The number of aromatic amines is 1. The Balaban J connectivity index is 2.63. The van der Waals surface area contributed by atoms with Crippen molar-refractivity contribution in [3.63, 3.8) is 0 Å². The summed E-state index contributed by atoms with van der Waals surface area (Å²) in [5.41, 5.74) is 3.25. The van der Waals surface area contributed by atoms with Gasteiger partial charge in [0.25, 0.3) is 0 Å². The number of rotatable bonds is 2. The zero-order valence-corrected chi connectivity index (χ0v) is 12.2. The Morgan fingerprint density at radius 3 is 2.65 bits per heavy atom. The molecule has 0 atom stereocenters. The maximum atomic E-state index is 5.32. The van der Waals surface area contributed by atoms with Crippen molar-refractivity contribution in [3.05, 3.63) is 44.6 Å². The Kier molecular flexibility index (Phi) is 3.74. The summed E-state index contributed by atoms with van der Waals surface area (Å²) >= 11 is 8.85. The number of halogens is 1. The second-order valence-electron chi connectivity index (χ2n) is 3.83. The second kappa shape index (κ2) is 5.10. The molecular formula is C13H13BrN2S. The van der Waals surface area contributed by atoms with Gasteiger partial charge in [-0.3, -0.25) is 0 Å². The van der Waals surface area contributed by atoms with Crippen LogP contribution in [-0.4, -0.2) is 9.97 Å². The molecule has 2 rings (SSSR count). The van der Waals surface area contributed by atoms with Gasteiger partial charge in [-0.15, -0.1) is 0 Å². The first-order valence-corrected chi connectivity index (χ1v) is 6.68. The molecule has 0 fully saturated rings. The summed E-state index contributed by atoms with van der Waals surface area (Å²) in [6.45, 7) is 4.13. The molecule has 0 spiro atoms. The number of nitrogens with one attached hydrogen (secondary N) is 1. The van der Waals surface area contributed by atoms with E-state index in [1.54, 1.807) is 0 Å². The average Bonchev–Trinajstić information content (AvgIpc) is 2.29. The number of H-pyrrole nitrogens is 1. The Hall–Kier alpha value is -1.00. The van der Waals surface area contributed by atoms with E-state index in [4.69, 9.17) is 12.2 Å². The minimum absolute atomic E-state index is 0.689. The van der Waals surface area contributed by atoms with Crippen molar-refractivity contribution in [3.8, 4) is 11.4 Å².